The minimum atomic E-state index is -1.51. The molecule has 60 valence electrons. The quantitative estimate of drug-likeness (QED) is 0.367. The molecule has 0 bridgehead atoms. The van der Waals surface area contributed by atoms with Crippen LogP contribution >= 0.6 is 11.8 Å². The van der Waals surface area contributed by atoms with Gasteiger partial charge in [0.15, 0.2) is 0 Å². The maximum absolute atomic E-state index is 9.26. The zero-order valence-electron chi connectivity index (χ0n) is 5.27. The zero-order valence-corrected chi connectivity index (χ0v) is 6.08. The van der Waals surface area contributed by atoms with Crippen LogP contribution in [-0.2, 0) is 0 Å². The van der Waals surface area contributed by atoms with E-state index < -0.39 is 23.7 Å². The number of hydrogen-bond acceptors (Lipinski definition) is 5. The highest BCUT2D eigenvalue weighted by atomic mass is 32.2. The summed E-state index contributed by atoms with van der Waals surface area (Å²) in [6, 6.07) is 0. The summed E-state index contributed by atoms with van der Waals surface area (Å²) >= 11 is 1.03. The molecule has 1 rings (SSSR count). The van der Waals surface area contributed by atoms with Crippen molar-refractivity contribution in [2.24, 2.45) is 0 Å². The van der Waals surface area contributed by atoms with Crippen LogP contribution in [0.25, 0.3) is 0 Å². The van der Waals surface area contributed by atoms with Crippen LogP contribution in [0.1, 0.15) is 0 Å². The molecule has 1 fully saturated rings. The molecule has 1 saturated heterocycles. The fraction of sp³-hybridized carbons (Fsp3) is 1.00. The van der Waals surface area contributed by atoms with Crippen molar-refractivity contribution in [2.45, 2.75) is 17.1 Å². The Labute approximate surface area is 62.5 Å². The molecule has 0 aromatic carbocycles. The average molecular weight is 166 g/mol. The summed E-state index contributed by atoms with van der Waals surface area (Å²) in [5, 5.41) is 35.8. The summed E-state index contributed by atoms with van der Waals surface area (Å²) in [7, 11) is 0. The van der Waals surface area contributed by atoms with Crippen molar-refractivity contribution in [3.63, 3.8) is 0 Å². The van der Waals surface area contributed by atoms with Gasteiger partial charge in [0.05, 0.1) is 6.61 Å². The summed E-state index contributed by atoms with van der Waals surface area (Å²) in [6.45, 7) is -0.516. The molecule has 1 aliphatic heterocycles. The maximum atomic E-state index is 9.26. The molecule has 5 heteroatoms. The summed E-state index contributed by atoms with van der Waals surface area (Å²) < 4.78 is 0. The third kappa shape index (κ3) is 1.15. The highest BCUT2D eigenvalue weighted by Crippen LogP contribution is 2.32. The second kappa shape index (κ2) is 2.67. The molecular formula is C5H10O4S. The van der Waals surface area contributed by atoms with Gasteiger partial charge in [-0.05, 0) is 0 Å². The van der Waals surface area contributed by atoms with Crippen LogP contribution in [0.2, 0.25) is 0 Å². The molecule has 0 amide bonds. The number of thioether (sulfide) groups is 1. The summed E-state index contributed by atoms with van der Waals surface area (Å²) in [4.78, 5) is 0. The van der Waals surface area contributed by atoms with Crippen LogP contribution in [0.3, 0.4) is 0 Å². The fourth-order valence-electron chi connectivity index (χ4n) is 0.811. The van der Waals surface area contributed by atoms with E-state index in [-0.39, 0.29) is 5.75 Å². The smallest absolute Gasteiger partial charge is 0.128 e. The van der Waals surface area contributed by atoms with Crippen molar-refractivity contribution in [2.75, 3.05) is 12.4 Å². The first-order chi connectivity index (χ1) is 4.60. The minimum Gasteiger partial charge on any atom is -0.393 e. The fourth-order valence-corrected chi connectivity index (χ4v) is 1.97. The van der Waals surface area contributed by atoms with Gasteiger partial charge in [-0.15, -0.1) is 11.8 Å². The molecule has 0 radical (unpaired) electrons. The third-order valence-corrected chi connectivity index (χ3v) is 2.86. The van der Waals surface area contributed by atoms with E-state index in [2.05, 4.69) is 0 Å². The lowest BCUT2D eigenvalue weighted by molar-refractivity contribution is -0.103. The highest BCUT2D eigenvalue weighted by Gasteiger charge is 2.46. The Hall–Kier alpha value is 0.190. The van der Waals surface area contributed by atoms with E-state index in [1.165, 1.54) is 0 Å². The lowest BCUT2D eigenvalue weighted by Crippen LogP contribution is -2.46. The van der Waals surface area contributed by atoms with Crippen LogP contribution in [0.4, 0.5) is 0 Å². The summed E-state index contributed by atoms with van der Waals surface area (Å²) in [5.41, 5.74) is -2.48. The second-order valence-corrected chi connectivity index (χ2v) is 3.51. The monoisotopic (exact) mass is 166 g/mol. The van der Waals surface area contributed by atoms with Crippen molar-refractivity contribution in [1.82, 2.24) is 0 Å². The number of aliphatic hydroxyl groups is 4. The van der Waals surface area contributed by atoms with Gasteiger partial charge in [-0.25, -0.2) is 0 Å². The third-order valence-electron chi connectivity index (χ3n) is 1.60. The molecule has 0 aliphatic carbocycles. The lowest BCUT2D eigenvalue weighted by Gasteiger charge is -2.23. The van der Waals surface area contributed by atoms with Gasteiger partial charge in [0.25, 0.3) is 0 Å². The molecule has 3 atom stereocenters. The molecule has 0 aromatic rings. The molecule has 3 unspecified atom stereocenters. The van der Waals surface area contributed by atoms with Crippen LogP contribution in [0, 0.1) is 0 Å². The van der Waals surface area contributed by atoms with Gasteiger partial charge in [-0.3, -0.25) is 0 Å². The largest absolute Gasteiger partial charge is 0.393 e. The average Bonchev–Trinajstić information content (AvgIpc) is 2.19. The first kappa shape index (κ1) is 8.29. The molecule has 0 saturated carbocycles. The Morgan fingerprint density at radius 3 is 2.30 bits per heavy atom. The van der Waals surface area contributed by atoms with E-state index in [1.54, 1.807) is 0 Å². The maximum Gasteiger partial charge on any atom is 0.128 e. The highest BCUT2D eigenvalue weighted by molar-refractivity contribution is 8.00. The topological polar surface area (TPSA) is 80.9 Å². The Morgan fingerprint density at radius 2 is 2.10 bits per heavy atom. The minimum absolute atomic E-state index is 0.172. The van der Waals surface area contributed by atoms with Crippen LogP contribution < -0.4 is 0 Å². The SMILES string of the molecule is OCC1(O)CSC(O)C1O. The normalized spacial score (nSPS) is 48.0. The molecule has 1 aliphatic rings. The zero-order chi connectivity index (χ0) is 7.78. The molecule has 0 spiro atoms. The van der Waals surface area contributed by atoms with E-state index in [0.717, 1.165) is 11.8 Å². The van der Waals surface area contributed by atoms with Gasteiger partial charge in [0.1, 0.15) is 17.1 Å². The molecular weight excluding hydrogens is 156 g/mol. The Morgan fingerprint density at radius 1 is 1.50 bits per heavy atom. The first-order valence-electron chi connectivity index (χ1n) is 2.91. The second-order valence-electron chi connectivity index (χ2n) is 2.41. The van der Waals surface area contributed by atoms with Crippen molar-refractivity contribution in [3.8, 4) is 0 Å². The van der Waals surface area contributed by atoms with Crippen molar-refractivity contribution < 1.29 is 20.4 Å². The van der Waals surface area contributed by atoms with Gasteiger partial charge in [-0.2, -0.15) is 0 Å². The summed E-state index contributed by atoms with van der Waals surface area (Å²) in [5.74, 6) is 0.172. The van der Waals surface area contributed by atoms with Crippen LogP contribution in [0.15, 0.2) is 0 Å². The number of aliphatic hydroxyl groups excluding tert-OH is 3. The molecule has 4 nitrogen and oxygen atoms in total. The molecule has 10 heavy (non-hydrogen) atoms. The van der Waals surface area contributed by atoms with Crippen molar-refractivity contribution >= 4 is 11.8 Å². The van der Waals surface area contributed by atoms with Crippen LogP contribution in [0.5, 0.6) is 0 Å². The predicted octanol–water partition coefficient (Wildman–Crippen LogP) is -1.86. The van der Waals surface area contributed by atoms with E-state index in [4.69, 9.17) is 15.3 Å². The molecule has 0 aromatic heterocycles. The standard InChI is InChI=1S/C5H10O4S/c6-1-5(9)2-10-4(8)3(5)7/h3-4,6-9H,1-2H2. The van der Waals surface area contributed by atoms with Crippen LogP contribution in [-0.4, -0.2) is 49.9 Å². The van der Waals surface area contributed by atoms with Crippen molar-refractivity contribution in [1.29, 1.82) is 0 Å². The van der Waals surface area contributed by atoms with Gasteiger partial charge < -0.3 is 20.4 Å². The Bertz CT molecular complexity index is 131. The van der Waals surface area contributed by atoms with Gasteiger partial charge in [0.2, 0.25) is 0 Å². The van der Waals surface area contributed by atoms with E-state index in [0.29, 0.717) is 0 Å². The van der Waals surface area contributed by atoms with E-state index in [9.17, 15) is 5.11 Å². The summed E-state index contributed by atoms with van der Waals surface area (Å²) in [6.07, 6.45) is -1.23. The number of rotatable bonds is 1. The Kier molecular flexibility index (Phi) is 2.21. The van der Waals surface area contributed by atoms with E-state index in [1.807, 2.05) is 0 Å². The lowest BCUT2D eigenvalue weighted by atomic mass is 10.0. The van der Waals surface area contributed by atoms with Gasteiger partial charge >= 0.3 is 0 Å². The Balaban J connectivity index is 2.64. The van der Waals surface area contributed by atoms with Gasteiger partial charge in [-0.1, -0.05) is 0 Å². The first-order valence-corrected chi connectivity index (χ1v) is 3.96. The molecule has 1 heterocycles. The predicted molar refractivity (Wildman–Crippen MR) is 36.5 cm³/mol. The number of hydrogen-bond donors (Lipinski definition) is 4. The van der Waals surface area contributed by atoms with Crippen molar-refractivity contribution in [3.05, 3.63) is 0 Å². The van der Waals surface area contributed by atoms with E-state index >= 15 is 0 Å². The van der Waals surface area contributed by atoms with Gasteiger partial charge in [0, 0.05) is 5.75 Å². The molecule has 4 N–H and O–H groups in total.